The summed E-state index contributed by atoms with van der Waals surface area (Å²) >= 11 is 0. The molecule has 0 spiro atoms. The number of nitrogens with one attached hydrogen (secondary N) is 1. The molecule has 0 saturated heterocycles. The third kappa shape index (κ3) is 2.78. The summed E-state index contributed by atoms with van der Waals surface area (Å²) < 4.78 is 0. The van der Waals surface area contributed by atoms with Gasteiger partial charge in [0.1, 0.15) is 18.0 Å². The Bertz CT molecular complexity index is 328. The van der Waals surface area contributed by atoms with E-state index in [4.69, 9.17) is 16.1 Å². The number of nitrogen functional groups attached to an aromatic ring is 1. The number of aliphatic hydroxyl groups excluding tert-OH is 2. The number of hydrazine groups is 1. The summed E-state index contributed by atoms with van der Waals surface area (Å²) in [4.78, 5) is 9.86. The summed E-state index contributed by atoms with van der Waals surface area (Å²) in [5.41, 5.74) is 3.26. The summed E-state index contributed by atoms with van der Waals surface area (Å²) in [5.74, 6) is 6.50. The van der Waals surface area contributed by atoms with Crippen molar-refractivity contribution in [2.75, 3.05) is 36.6 Å². The van der Waals surface area contributed by atoms with E-state index >= 15 is 0 Å². The Hall–Kier alpha value is -1.44. The van der Waals surface area contributed by atoms with Crippen molar-refractivity contribution in [3.63, 3.8) is 0 Å². The maximum Gasteiger partial charge on any atom is 0.148 e. The molecule has 0 aromatic carbocycles. The van der Waals surface area contributed by atoms with E-state index in [9.17, 15) is 0 Å². The highest BCUT2D eigenvalue weighted by molar-refractivity contribution is 5.57. The number of nitrogens with zero attached hydrogens (tertiary/aromatic N) is 3. The monoisotopic (exact) mass is 227 g/mol. The molecular formula is C9H17N5O2. The van der Waals surface area contributed by atoms with Gasteiger partial charge in [0.25, 0.3) is 0 Å². The lowest BCUT2D eigenvalue weighted by atomic mass is 10.3. The van der Waals surface area contributed by atoms with Crippen LogP contribution in [0.4, 0.5) is 11.6 Å². The van der Waals surface area contributed by atoms with Gasteiger partial charge in [0.15, 0.2) is 0 Å². The minimum Gasteiger partial charge on any atom is -0.395 e. The fourth-order valence-corrected chi connectivity index (χ4v) is 1.47. The van der Waals surface area contributed by atoms with E-state index in [2.05, 4.69) is 15.4 Å². The third-order valence-electron chi connectivity index (χ3n) is 2.23. The van der Waals surface area contributed by atoms with E-state index < -0.39 is 0 Å². The number of aliphatic hydroxyl groups is 2. The van der Waals surface area contributed by atoms with E-state index in [1.807, 2.05) is 6.92 Å². The maximum absolute atomic E-state index is 8.93. The molecule has 1 aromatic rings. The first-order chi connectivity index (χ1) is 7.74. The van der Waals surface area contributed by atoms with Gasteiger partial charge in [-0.1, -0.05) is 0 Å². The average molecular weight is 227 g/mol. The highest BCUT2D eigenvalue weighted by atomic mass is 16.3. The SMILES string of the molecule is Cc1c(NN)ncnc1N(CCO)CCO. The van der Waals surface area contributed by atoms with Crippen LogP contribution in [0.2, 0.25) is 0 Å². The lowest BCUT2D eigenvalue weighted by Gasteiger charge is -2.23. The molecule has 1 aromatic heterocycles. The maximum atomic E-state index is 8.93. The molecule has 0 bridgehead atoms. The largest absolute Gasteiger partial charge is 0.395 e. The van der Waals surface area contributed by atoms with Crippen LogP contribution in [0.25, 0.3) is 0 Å². The van der Waals surface area contributed by atoms with Gasteiger partial charge in [0, 0.05) is 18.7 Å². The number of nitrogens with two attached hydrogens (primary N) is 1. The molecule has 0 aliphatic carbocycles. The summed E-state index contributed by atoms with van der Waals surface area (Å²) in [7, 11) is 0. The van der Waals surface area contributed by atoms with Gasteiger partial charge in [-0.25, -0.2) is 15.8 Å². The molecule has 1 heterocycles. The Morgan fingerprint density at radius 3 is 2.44 bits per heavy atom. The Morgan fingerprint density at radius 2 is 1.94 bits per heavy atom. The first-order valence-corrected chi connectivity index (χ1v) is 4.99. The molecule has 0 saturated carbocycles. The molecule has 90 valence electrons. The zero-order valence-corrected chi connectivity index (χ0v) is 9.22. The molecular weight excluding hydrogens is 210 g/mol. The van der Waals surface area contributed by atoms with Gasteiger partial charge in [0.05, 0.1) is 13.2 Å². The van der Waals surface area contributed by atoms with Crippen LogP contribution in [0.15, 0.2) is 6.33 Å². The average Bonchev–Trinajstić information content (AvgIpc) is 2.29. The molecule has 0 atom stereocenters. The van der Waals surface area contributed by atoms with E-state index in [1.165, 1.54) is 6.33 Å². The summed E-state index contributed by atoms with van der Waals surface area (Å²) in [6.07, 6.45) is 1.39. The van der Waals surface area contributed by atoms with Crippen molar-refractivity contribution in [2.45, 2.75) is 6.92 Å². The minimum atomic E-state index is -0.00513. The molecule has 0 aliphatic heterocycles. The number of rotatable bonds is 6. The number of aromatic nitrogens is 2. The van der Waals surface area contributed by atoms with Crippen LogP contribution in [0, 0.1) is 6.92 Å². The normalized spacial score (nSPS) is 10.2. The molecule has 16 heavy (non-hydrogen) atoms. The predicted octanol–water partition coefficient (Wildman–Crippen LogP) is -1.14. The number of hydrogen-bond acceptors (Lipinski definition) is 7. The minimum absolute atomic E-state index is 0.00513. The molecule has 0 unspecified atom stereocenters. The molecule has 0 amide bonds. The van der Waals surface area contributed by atoms with Crippen LogP contribution >= 0.6 is 0 Å². The Labute approximate surface area is 93.9 Å². The van der Waals surface area contributed by atoms with Gasteiger partial charge < -0.3 is 20.5 Å². The summed E-state index contributed by atoms with van der Waals surface area (Å²) in [5, 5.41) is 17.9. The van der Waals surface area contributed by atoms with Crippen LogP contribution in [-0.4, -0.2) is 46.5 Å². The van der Waals surface area contributed by atoms with Crippen molar-refractivity contribution < 1.29 is 10.2 Å². The summed E-state index contributed by atoms with van der Waals surface area (Å²) in [6.45, 7) is 2.63. The second-order valence-electron chi connectivity index (χ2n) is 3.25. The predicted molar refractivity (Wildman–Crippen MR) is 61.0 cm³/mol. The highest BCUT2D eigenvalue weighted by Gasteiger charge is 2.12. The topological polar surface area (TPSA) is 108 Å². The lowest BCUT2D eigenvalue weighted by molar-refractivity contribution is 0.280. The molecule has 0 aliphatic rings. The van der Waals surface area contributed by atoms with E-state index in [0.717, 1.165) is 5.56 Å². The molecule has 0 fully saturated rings. The van der Waals surface area contributed by atoms with Crippen molar-refractivity contribution in [2.24, 2.45) is 5.84 Å². The molecule has 5 N–H and O–H groups in total. The third-order valence-corrected chi connectivity index (χ3v) is 2.23. The van der Waals surface area contributed by atoms with Gasteiger partial charge in [-0.15, -0.1) is 0 Å². The highest BCUT2D eigenvalue weighted by Crippen LogP contribution is 2.20. The zero-order chi connectivity index (χ0) is 12.0. The summed E-state index contributed by atoms with van der Waals surface area (Å²) in [6, 6.07) is 0. The van der Waals surface area contributed by atoms with Crippen LogP contribution in [0.1, 0.15) is 5.56 Å². The standard InChI is InChI=1S/C9H17N5O2/c1-7-8(13-10)11-6-12-9(7)14(2-4-15)3-5-16/h6,15-16H,2-5,10H2,1H3,(H,11,12,13). The second kappa shape index (κ2) is 6.21. The van der Waals surface area contributed by atoms with Crippen LogP contribution in [-0.2, 0) is 0 Å². The van der Waals surface area contributed by atoms with Gasteiger partial charge in [-0.05, 0) is 6.92 Å². The van der Waals surface area contributed by atoms with Gasteiger partial charge in [-0.2, -0.15) is 0 Å². The molecule has 7 nitrogen and oxygen atoms in total. The van der Waals surface area contributed by atoms with Gasteiger partial charge in [0.2, 0.25) is 0 Å². The van der Waals surface area contributed by atoms with Crippen molar-refractivity contribution in [1.29, 1.82) is 0 Å². The van der Waals surface area contributed by atoms with Crippen molar-refractivity contribution in [3.05, 3.63) is 11.9 Å². The van der Waals surface area contributed by atoms with Gasteiger partial charge >= 0.3 is 0 Å². The second-order valence-corrected chi connectivity index (χ2v) is 3.25. The first-order valence-electron chi connectivity index (χ1n) is 4.99. The lowest BCUT2D eigenvalue weighted by Crippen LogP contribution is -2.31. The van der Waals surface area contributed by atoms with E-state index in [1.54, 1.807) is 4.90 Å². The van der Waals surface area contributed by atoms with E-state index in [0.29, 0.717) is 24.7 Å². The smallest absolute Gasteiger partial charge is 0.148 e. The first kappa shape index (κ1) is 12.6. The Balaban J connectivity index is 2.98. The quantitative estimate of drug-likeness (QED) is 0.359. The fourth-order valence-electron chi connectivity index (χ4n) is 1.47. The number of anilines is 2. The molecule has 7 heteroatoms. The Kier molecular flexibility index (Phi) is 4.90. The van der Waals surface area contributed by atoms with Crippen molar-refractivity contribution >= 4 is 11.6 Å². The van der Waals surface area contributed by atoms with Crippen molar-refractivity contribution in [3.8, 4) is 0 Å². The van der Waals surface area contributed by atoms with Crippen LogP contribution in [0.5, 0.6) is 0 Å². The molecule has 1 rings (SSSR count). The number of hydrogen-bond donors (Lipinski definition) is 4. The molecule has 0 radical (unpaired) electrons. The van der Waals surface area contributed by atoms with E-state index in [-0.39, 0.29) is 13.2 Å². The van der Waals surface area contributed by atoms with Crippen molar-refractivity contribution in [1.82, 2.24) is 9.97 Å². The van der Waals surface area contributed by atoms with Gasteiger partial charge in [-0.3, -0.25) is 0 Å². The van der Waals surface area contributed by atoms with Crippen LogP contribution < -0.4 is 16.2 Å². The fraction of sp³-hybridized carbons (Fsp3) is 0.556. The zero-order valence-electron chi connectivity index (χ0n) is 9.22. The van der Waals surface area contributed by atoms with Crippen LogP contribution in [0.3, 0.4) is 0 Å². The Morgan fingerprint density at radius 1 is 1.31 bits per heavy atom.